The van der Waals surface area contributed by atoms with Crippen molar-refractivity contribution in [1.82, 2.24) is 4.57 Å². The van der Waals surface area contributed by atoms with Crippen LogP contribution in [0.4, 0.5) is 0 Å². The zero-order valence-electron chi connectivity index (χ0n) is 22.5. The average Bonchev–Trinajstić information content (AvgIpc) is 3.55. The van der Waals surface area contributed by atoms with Crippen molar-refractivity contribution < 1.29 is 8.68 Å². The number of aryl methyl sites for hydroxylation is 1. The Bertz CT molecular complexity index is 1260. The van der Waals surface area contributed by atoms with Gasteiger partial charge in [-0.15, -0.1) is 0 Å². The molecule has 2 fully saturated rings. The van der Waals surface area contributed by atoms with Crippen molar-refractivity contribution in [3.05, 3.63) is 76.9 Å². The molecule has 2 heterocycles. The van der Waals surface area contributed by atoms with Crippen LogP contribution in [0, 0.1) is 32.5 Å². The summed E-state index contributed by atoms with van der Waals surface area (Å²) in [6.45, 7) is 2.04. The minimum Gasteiger partial charge on any atom is -0.197 e. The molecule has 1 aromatic heterocycles. The topological polar surface area (TPSA) is 8.81 Å². The summed E-state index contributed by atoms with van der Waals surface area (Å²) in [6.07, 6.45) is 11.4. The first kappa shape index (κ1) is 17.2. The van der Waals surface area contributed by atoms with E-state index in [1.807, 2.05) is 12.1 Å². The van der Waals surface area contributed by atoms with Crippen molar-refractivity contribution in [2.24, 2.45) is 11.8 Å². The van der Waals surface area contributed by atoms with E-state index in [-0.39, 0.29) is 5.41 Å². The first-order valence-corrected chi connectivity index (χ1v) is 12.7. The summed E-state index contributed by atoms with van der Waals surface area (Å²) in [5, 5.41) is 0. The molecule has 0 saturated heterocycles. The van der Waals surface area contributed by atoms with E-state index in [1.54, 1.807) is 0 Å². The fourth-order valence-electron chi connectivity index (χ4n) is 7.71. The molecule has 0 amide bonds. The lowest BCUT2D eigenvalue weighted by molar-refractivity contribution is -0.607. The summed E-state index contributed by atoms with van der Waals surface area (Å²) in [7, 11) is 0. The second kappa shape index (κ2) is 7.61. The highest BCUT2D eigenvalue weighted by Crippen LogP contribution is 2.58. The minimum atomic E-state index is -2.24. The second-order valence-electron chi connectivity index (χ2n) is 10.4. The molecule has 2 saturated carbocycles. The van der Waals surface area contributed by atoms with Gasteiger partial charge in [0, 0.05) is 23.5 Å². The van der Waals surface area contributed by atoms with Crippen molar-refractivity contribution in [3.8, 4) is 11.4 Å². The van der Waals surface area contributed by atoms with Gasteiger partial charge in [-0.3, -0.25) is 0 Å². The summed E-state index contributed by atoms with van der Waals surface area (Å²) in [5.41, 5.74) is 6.85. The molecule has 3 aromatic rings. The summed E-state index contributed by atoms with van der Waals surface area (Å²) in [4.78, 5) is 0. The molecular formula is C30H37N2+. The number of benzene rings is 2. The highest BCUT2D eigenvalue weighted by molar-refractivity contribution is 5.54. The molecule has 2 nitrogen and oxygen atoms in total. The molecule has 1 unspecified atom stereocenters. The SMILES string of the molecule is [2H]C([2H])([2H])c1n(-c2ccccc2C)c(C)c2[n+]1-c1ccccc1C2(C1CCCCC1)C1CCCC1. The Balaban J connectivity index is 1.76. The van der Waals surface area contributed by atoms with Gasteiger partial charge < -0.3 is 0 Å². The molecule has 2 heteroatoms. The van der Waals surface area contributed by atoms with E-state index >= 15 is 0 Å². The molecular weight excluding hydrogens is 388 g/mol. The second-order valence-corrected chi connectivity index (χ2v) is 10.4. The Morgan fingerprint density at radius 1 is 0.844 bits per heavy atom. The molecule has 0 radical (unpaired) electrons. The number of rotatable bonds is 3. The highest BCUT2D eigenvalue weighted by Gasteiger charge is 2.60. The zero-order valence-corrected chi connectivity index (χ0v) is 19.5. The maximum absolute atomic E-state index is 8.73. The maximum atomic E-state index is 8.73. The van der Waals surface area contributed by atoms with Crippen molar-refractivity contribution in [2.75, 3.05) is 0 Å². The van der Waals surface area contributed by atoms with Gasteiger partial charge in [0.2, 0.25) is 0 Å². The van der Waals surface area contributed by atoms with Gasteiger partial charge in [-0.2, -0.15) is 9.13 Å². The summed E-state index contributed by atoms with van der Waals surface area (Å²) >= 11 is 0. The zero-order chi connectivity index (χ0) is 24.4. The number of nitrogens with zero attached hydrogens (tertiary/aromatic N) is 2. The van der Waals surface area contributed by atoms with Gasteiger partial charge in [-0.25, -0.2) is 0 Å². The van der Waals surface area contributed by atoms with Crippen molar-refractivity contribution in [1.29, 1.82) is 0 Å². The molecule has 1 atom stereocenters. The lowest BCUT2D eigenvalue weighted by Gasteiger charge is -2.43. The van der Waals surface area contributed by atoms with Crippen molar-refractivity contribution in [2.45, 2.75) is 83.9 Å². The van der Waals surface area contributed by atoms with Crippen molar-refractivity contribution >= 4 is 0 Å². The van der Waals surface area contributed by atoms with Crippen LogP contribution in [0.5, 0.6) is 0 Å². The third-order valence-electron chi connectivity index (χ3n) is 8.91. The summed E-state index contributed by atoms with van der Waals surface area (Å²) in [5.74, 6) is 1.56. The number of para-hydroxylation sites is 2. The third kappa shape index (κ3) is 2.62. The molecule has 32 heavy (non-hydrogen) atoms. The molecule has 0 N–H and O–H groups in total. The molecule has 166 valence electrons. The monoisotopic (exact) mass is 428 g/mol. The Hall–Kier alpha value is -2.35. The fourth-order valence-corrected chi connectivity index (χ4v) is 7.71. The number of hydrogen-bond donors (Lipinski definition) is 0. The van der Waals surface area contributed by atoms with Gasteiger partial charge in [0.15, 0.2) is 5.69 Å². The highest BCUT2D eigenvalue weighted by atomic mass is 15.2. The number of hydrogen-bond acceptors (Lipinski definition) is 0. The molecule has 2 aliphatic carbocycles. The molecule has 1 aliphatic heterocycles. The molecule has 2 aromatic carbocycles. The van der Waals surface area contributed by atoms with E-state index in [0.29, 0.717) is 17.7 Å². The first-order valence-electron chi connectivity index (χ1n) is 14.2. The number of imidazole rings is 1. The summed E-state index contributed by atoms with van der Waals surface area (Å²) < 4.78 is 30.5. The number of aromatic nitrogens is 2. The van der Waals surface area contributed by atoms with E-state index in [9.17, 15) is 0 Å². The Morgan fingerprint density at radius 2 is 1.47 bits per heavy atom. The lowest BCUT2D eigenvalue weighted by atomic mass is 9.57. The Kier molecular flexibility index (Phi) is 4.08. The van der Waals surface area contributed by atoms with Crippen molar-refractivity contribution in [3.63, 3.8) is 0 Å². The van der Waals surface area contributed by atoms with Crippen LogP contribution in [0.15, 0.2) is 48.5 Å². The lowest BCUT2D eigenvalue weighted by Crippen LogP contribution is -2.46. The van der Waals surface area contributed by atoms with E-state index in [4.69, 9.17) is 4.11 Å². The van der Waals surface area contributed by atoms with Crippen LogP contribution in [-0.4, -0.2) is 4.57 Å². The fraction of sp³-hybridized carbons (Fsp3) is 0.500. The van der Waals surface area contributed by atoms with E-state index in [1.165, 1.54) is 69.0 Å². The van der Waals surface area contributed by atoms with Gasteiger partial charge in [0.1, 0.15) is 17.1 Å². The van der Waals surface area contributed by atoms with Gasteiger partial charge in [0.25, 0.3) is 5.82 Å². The Labute approximate surface area is 197 Å². The van der Waals surface area contributed by atoms with E-state index in [2.05, 4.69) is 59.4 Å². The normalized spacial score (nSPS) is 25.2. The average molecular weight is 429 g/mol. The van der Waals surface area contributed by atoms with Crippen LogP contribution in [0.3, 0.4) is 0 Å². The van der Waals surface area contributed by atoms with Crippen LogP contribution >= 0.6 is 0 Å². The standard InChI is InChI=1S/C30H37N2/c1-21-13-7-11-19-27(21)31-22(2)29-30(25-16-8-9-17-25,24-14-5-4-6-15-24)26-18-10-12-20-28(26)32(29)23(31)3/h7,10-13,18-20,24-25H,4-6,8-9,14-17H2,1-3H3/q+1/i3D3. The molecule has 3 aliphatic rings. The first-order chi connectivity index (χ1) is 16.9. The molecule has 0 bridgehead atoms. The van der Waals surface area contributed by atoms with Gasteiger partial charge in [-0.05, 0) is 62.1 Å². The van der Waals surface area contributed by atoms with Crippen LogP contribution in [0.25, 0.3) is 11.4 Å². The van der Waals surface area contributed by atoms with Crippen LogP contribution in [0.1, 0.15) is 90.2 Å². The van der Waals surface area contributed by atoms with Gasteiger partial charge >= 0.3 is 0 Å². The van der Waals surface area contributed by atoms with Gasteiger partial charge in [0.05, 0.1) is 5.41 Å². The smallest absolute Gasteiger partial charge is 0.197 e. The third-order valence-corrected chi connectivity index (χ3v) is 8.91. The van der Waals surface area contributed by atoms with E-state index in [0.717, 1.165) is 22.6 Å². The van der Waals surface area contributed by atoms with Gasteiger partial charge in [-0.1, -0.05) is 68.5 Å². The quantitative estimate of drug-likeness (QED) is 0.395. The predicted molar refractivity (Wildman–Crippen MR) is 131 cm³/mol. The largest absolute Gasteiger partial charge is 0.264 e. The predicted octanol–water partition coefficient (Wildman–Crippen LogP) is 7.05. The summed E-state index contributed by atoms with van der Waals surface area (Å²) in [6, 6.07) is 17.0. The number of fused-ring (bicyclic) bond motifs is 3. The Morgan fingerprint density at radius 3 is 2.16 bits per heavy atom. The van der Waals surface area contributed by atoms with E-state index < -0.39 is 6.85 Å². The van der Waals surface area contributed by atoms with Crippen LogP contribution < -0.4 is 4.57 Å². The molecule has 6 rings (SSSR count). The van der Waals surface area contributed by atoms with Crippen LogP contribution in [0.2, 0.25) is 0 Å². The minimum absolute atomic E-state index is 0.106. The van der Waals surface area contributed by atoms with Crippen LogP contribution in [-0.2, 0) is 5.41 Å². The molecule has 0 spiro atoms. The maximum Gasteiger partial charge on any atom is 0.264 e.